The maximum Gasteiger partial charge on any atom is 0.254 e. The monoisotopic (exact) mass is 411 g/mol. The van der Waals surface area contributed by atoms with Crippen molar-refractivity contribution in [1.29, 1.82) is 0 Å². The number of amides is 1. The van der Waals surface area contributed by atoms with Crippen molar-refractivity contribution in [3.8, 4) is 22.5 Å². The van der Waals surface area contributed by atoms with Crippen LogP contribution >= 0.6 is 0 Å². The Morgan fingerprint density at radius 3 is 2.32 bits per heavy atom. The molecule has 4 aromatic rings. The van der Waals surface area contributed by atoms with Crippen LogP contribution in [-0.2, 0) is 4.74 Å². The van der Waals surface area contributed by atoms with Crippen LogP contribution in [0, 0.1) is 0 Å². The highest BCUT2D eigenvalue weighted by molar-refractivity contribution is 5.95. The molecule has 1 aliphatic heterocycles. The third-order valence-corrected chi connectivity index (χ3v) is 5.33. The van der Waals surface area contributed by atoms with E-state index in [-0.39, 0.29) is 11.9 Å². The minimum atomic E-state index is 0.0246. The molecule has 1 amide bonds. The smallest absolute Gasteiger partial charge is 0.254 e. The minimum Gasteiger partial charge on any atom is -0.378 e. The van der Waals surface area contributed by atoms with Crippen LogP contribution in [0.25, 0.3) is 33.5 Å². The van der Waals surface area contributed by atoms with Gasteiger partial charge in [0.25, 0.3) is 5.91 Å². The lowest BCUT2D eigenvalue weighted by atomic mass is 10.1. The molecule has 1 aliphatic rings. The van der Waals surface area contributed by atoms with Gasteiger partial charge in [0.2, 0.25) is 5.95 Å². The molecule has 0 radical (unpaired) electrons. The quantitative estimate of drug-likeness (QED) is 0.555. The van der Waals surface area contributed by atoms with Crippen LogP contribution in [0.3, 0.4) is 0 Å². The van der Waals surface area contributed by atoms with Crippen LogP contribution in [0.2, 0.25) is 0 Å². The van der Waals surface area contributed by atoms with E-state index < -0.39 is 0 Å². The van der Waals surface area contributed by atoms with E-state index >= 15 is 0 Å². The number of pyridine rings is 1. The van der Waals surface area contributed by atoms with Crippen LogP contribution in [0.5, 0.6) is 0 Å². The highest BCUT2D eigenvalue weighted by Gasteiger charge is 2.18. The van der Waals surface area contributed by atoms with E-state index in [1.165, 1.54) is 0 Å². The minimum absolute atomic E-state index is 0.0246. The van der Waals surface area contributed by atoms with E-state index in [1.807, 2.05) is 71.6 Å². The first kappa shape index (κ1) is 19.1. The Morgan fingerprint density at radius 2 is 1.58 bits per heavy atom. The Labute approximate surface area is 179 Å². The first-order valence-corrected chi connectivity index (χ1v) is 10.2. The number of carbonyl (C=O) groups excluding carboxylic acids is 1. The number of fused-ring (bicyclic) bond motifs is 1. The van der Waals surface area contributed by atoms with E-state index in [4.69, 9.17) is 15.5 Å². The average molecular weight is 411 g/mol. The van der Waals surface area contributed by atoms with Gasteiger partial charge in [-0.1, -0.05) is 42.5 Å². The number of anilines is 1. The summed E-state index contributed by atoms with van der Waals surface area (Å²) in [4.78, 5) is 28.1. The van der Waals surface area contributed by atoms with Crippen LogP contribution in [0.15, 0.2) is 66.7 Å². The first-order valence-electron chi connectivity index (χ1n) is 10.2. The number of hydrogen-bond acceptors (Lipinski definition) is 6. The van der Waals surface area contributed by atoms with E-state index in [1.54, 1.807) is 0 Å². The third kappa shape index (κ3) is 3.83. The molecule has 2 aromatic carbocycles. The lowest BCUT2D eigenvalue weighted by Crippen LogP contribution is -2.40. The van der Waals surface area contributed by atoms with Gasteiger partial charge in [-0.3, -0.25) is 4.79 Å². The summed E-state index contributed by atoms with van der Waals surface area (Å²) in [5.74, 6) is 0.239. The van der Waals surface area contributed by atoms with Gasteiger partial charge in [-0.15, -0.1) is 0 Å². The molecule has 31 heavy (non-hydrogen) atoms. The molecule has 0 saturated carbocycles. The highest BCUT2D eigenvalue weighted by atomic mass is 16.5. The predicted octanol–water partition coefficient (Wildman–Crippen LogP) is 3.41. The summed E-state index contributed by atoms with van der Waals surface area (Å²) >= 11 is 0. The molecule has 5 rings (SSSR count). The highest BCUT2D eigenvalue weighted by Crippen LogP contribution is 2.28. The maximum atomic E-state index is 12.7. The fourth-order valence-corrected chi connectivity index (χ4v) is 3.72. The molecular formula is C24H21N5O2. The van der Waals surface area contributed by atoms with Gasteiger partial charge in [-0.25, -0.2) is 15.0 Å². The van der Waals surface area contributed by atoms with Crippen molar-refractivity contribution in [3.63, 3.8) is 0 Å². The van der Waals surface area contributed by atoms with Crippen molar-refractivity contribution in [2.45, 2.75) is 0 Å². The molecule has 0 bridgehead atoms. The molecule has 2 aromatic heterocycles. The van der Waals surface area contributed by atoms with Crippen molar-refractivity contribution < 1.29 is 9.53 Å². The van der Waals surface area contributed by atoms with Crippen LogP contribution < -0.4 is 5.73 Å². The normalized spacial score (nSPS) is 14.0. The van der Waals surface area contributed by atoms with Crippen molar-refractivity contribution in [3.05, 3.63) is 72.3 Å². The van der Waals surface area contributed by atoms with Crippen molar-refractivity contribution in [2.75, 3.05) is 32.0 Å². The van der Waals surface area contributed by atoms with E-state index in [9.17, 15) is 4.79 Å². The molecule has 3 heterocycles. The summed E-state index contributed by atoms with van der Waals surface area (Å²) in [5, 5.41) is 0. The molecule has 154 valence electrons. The number of aromatic nitrogens is 3. The Morgan fingerprint density at radius 1 is 0.839 bits per heavy atom. The number of morpholine rings is 1. The molecule has 2 N–H and O–H groups in total. The van der Waals surface area contributed by atoms with Gasteiger partial charge in [-0.2, -0.15) is 0 Å². The molecule has 7 nitrogen and oxygen atoms in total. The Kier molecular flexibility index (Phi) is 5.01. The van der Waals surface area contributed by atoms with Crippen LogP contribution in [0.1, 0.15) is 10.4 Å². The van der Waals surface area contributed by atoms with Gasteiger partial charge in [-0.05, 0) is 24.3 Å². The summed E-state index contributed by atoms with van der Waals surface area (Å²) in [7, 11) is 0. The van der Waals surface area contributed by atoms with Crippen LogP contribution in [-0.4, -0.2) is 52.1 Å². The zero-order valence-corrected chi connectivity index (χ0v) is 16.9. The number of ether oxygens (including phenoxy) is 1. The van der Waals surface area contributed by atoms with Crippen molar-refractivity contribution in [1.82, 2.24) is 19.9 Å². The zero-order valence-electron chi connectivity index (χ0n) is 16.9. The third-order valence-electron chi connectivity index (χ3n) is 5.33. The van der Waals surface area contributed by atoms with Gasteiger partial charge in [0.1, 0.15) is 11.2 Å². The summed E-state index contributed by atoms with van der Waals surface area (Å²) in [5.41, 5.74) is 11.3. The second-order valence-electron chi connectivity index (χ2n) is 7.34. The topological polar surface area (TPSA) is 94.2 Å². The standard InChI is InChI=1S/C24H21N5O2/c25-24-27-20-11-10-19(26-22(20)21(28-24)17-4-2-1-3-5-17)16-6-8-18(9-7-16)23(30)29-12-14-31-15-13-29/h1-11H,12-15H2,(H2,25,27,28). The largest absolute Gasteiger partial charge is 0.378 e. The van der Waals surface area contributed by atoms with Gasteiger partial charge >= 0.3 is 0 Å². The molecule has 1 fully saturated rings. The van der Waals surface area contributed by atoms with Crippen molar-refractivity contribution in [2.24, 2.45) is 0 Å². The first-order chi connectivity index (χ1) is 15.2. The number of nitrogens with two attached hydrogens (primary N) is 1. The second kappa shape index (κ2) is 8.12. The van der Waals surface area contributed by atoms with E-state index in [2.05, 4.69) is 9.97 Å². The molecule has 0 spiro atoms. The number of benzene rings is 2. The summed E-state index contributed by atoms with van der Waals surface area (Å²) in [6.45, 7) is 2.42. The molecule has 0 unspecified atom stereocenters. The van der Waals surface area contributed by atoms with Gasteiger partial charge in [0.05, 0.1) is 24.4 Å². The van der Waals surface area contributed by atoms with Crippen molar-refractivity contribution >= 4 is 22.9 Å². The molecule has 7 heteroatoms. The number of hydrogen-bond donors (Lipinski definition) is 1. The fraction of sp³-hybridized carbons (Fsp3) is 0.167. The average Bonchev–Trinajstić information content (AvgIpc) is 2.84. The summed E-state index contributed by atoms with van der Waals surface area (Å²) < 4.78 is 5.33. The molecule has 0 atom stereocenters. The van der Waals surface area contributed by atoms with E-state index in [0.717, 1.165) is 16.8 Å². The summed E-state index contributed by atoms with van der Waals surface area (Å²) in [6.07, 6.45) is 0. The predicted molar refractivity (Wildman–Crippen MR) is 119 cm³/mol. The number of carbonyl (C=O) groups is 1. The second-order valence-corrected chi connectivity index (χ2v) is 7.34. The SMILES string of the molecule is Nc1nc(-c2ccccc2)c2nc(-c3ccc(C(=O)N4CCOCC4)cc3)ccc2n1. The zero-order chi connectivity index (χ0) is 21.2. The fourth-order valence-electron chi connectivity index (χ4n) is 3.72. The maximum absolute atomic E-state index is 12.7. The Bertz CT molecular complexity index is 1240. The van der Waals surface area contributed by atoms with Gasteiger partial charge in [0.15, 0.2) is 0 Å². The van der Waals surface area contributed by atoms with Gasteiger partial charge < -0.3 is 15.4 Å². The van der Waals surface area contributed by atoms with E-state index in [0.29, 0.717) is 48.6 Å². The Balaban J connectivity index is 1.50. The van der Waals surface area contributed by atoms with Gasteiger partial charge in [0, 0.05) is 29.8 Å². The number of rotatable bonds is 3. The number of nitrogens with zero attached hydrogens (tertiary/aromatic N) is 4. The molecular weight excluding hydrogens is 390 g/mol. The summed E-state index contributed by atoms with van der Waals surface area (Å²) in [6, 6.07) is 21.1. The Hall–Kier alpha value is -3.84. The lowest BCUT2D eigenvalue weighted by molar-refractivity contribution is 0.0303. The molecule has 0 aliphatic carbocycles. The van der Waals surface area contributed by atoms with Crippen LogP contribution in [0.4, 0.5) is 5.95 Å². The lowest BCUT2D eigenvalue weighted by Gasteiger charge is -2.26. The molecule has 1 saturated heterocycles. The number of nitrogen functional groups attached to an aromatic ring is 1.